The molecule has 1 aliphatic rings. The average molecular weight is 295 g/mol. The fraction of sp³-hybridized carbons (Fsp3) is 0.467. The Hall–Kier alpha value is -1.38. The highest BCUT2D eigenvalue weighted by Gasteiger charge is 2.30. The van der Waals surface area contributed by atoms with Gasteiger partial charge in [0.15, 0.2) is 9.84 Å². The van der Waals surface area contributed by atoms with Crippen LogP contribution in [0.4, 0.5) is 4.39 Å². The highest BCUT2D eigenvalue weighted by molar-refractivity contribution is 7.91. The van der Waals surface area contributed by atoms with Crippen LogP contribution in [0.15, 0.2) is 23.1 Å². The maximum absolute atomic E-state index is 13.4. The molecular weight excluding hydrogens is 277 g/mol. The standard InChI is InChI=1S/C15H18FNO2S/c1-2-3-4-5-9-17-14-8-10-20(18,19)15-7-6-12(16)11-13(14)15/h1,6-7,11,14,17H,3-5,8-10H2. The maximum atomic E-state index is 13.4. The van der Waals surface area contributed by atoms with Crippen molar-refractivity contribution in [2.45, 2.75) is 36.6 Å². The molecule has 2 rings (SSSR count). The third kappa shape index (κ3) is 3.38. The van der Waals surface area contributed by atoms with E-state index in [0.29, 0.717) is 12.0 Å². The first-order valence-corrected chi connectivity index (χ1v) is 8.39. The Morgan fingerprint density at radius 2 is 2.20 bits per heavy atom. The number of hydrogen-bond acceptors (Lipinski definition) is 3. The van der Waals surface area contributed by atoms with Crippen LogP contribution < -0.4 is 5.32 Å². The Bertz CT molecular complexity index is 619. The minimum absolute atomic E-state index is 0.102. The summed E-state index contributed by atoms with van der Waals surface area (Å²) >= 11 is 0. The minimum atomic E-state index is -3.26. The minimum Gasteiger partial charge on any atom is -0.310 e. The number of benzene rings is 1. The van der Waals surface area contributed by atoms with Gasteiger partial charge in [-0.2, -0.15) is 0 Å². The van der Waals surface area contributed by atoms with E-state index in [-0.39, 0.29) is 16.7 Å². The second-order valence-corrected chi connectivity index (χ2v) is 7.04. The number of rotatable bonds is 5. The number of halogens is 1. The molecule has 0 spiro atoms. The largest absolute Gasteiger partial charge is 0.310 e. The summed E-state index contributed by atoms with van der Waals surface area (Å²) < 4.78 is 37.3. The lowest BCUT2D eigenvalue weighted by Crippen LogP contribution is -2.30. The van der Waals surface area contributed by atoms with E-state index in [9.17, 15) is 12.8 Å². The molecule has 1 aromatic carbocycles. The highest BCUT2D eigenvalue weighted by atomic mass is 32.2. The van der Waals surface area contributed by atoms with Gasteiger partial charge >= 0.3 is 0 Å². The first-order valence-electron chi connectivity index (χ1n) is 6.73. The molecule has 0 saturated carbocycles. The van der Waals surface area contributed by atoms with Gasteiger partial charge in [-0.3, -0.25) is 0 Å². The molecule has 1 N–H and O–H groups in total. The number of nitrogens with one attached hydrogen (secondary N) is 1. The molecule has 0 aliphatic carbocycles. The summed E-state index contributed by atoms with van der Waals surface area (Å²) in [4.78, 5) is 0.256. The number of hydrogen-bond donors (Lipinski definition) is 1. The molecule has 0 aromatic heterocycles. The fourth-order valence-electron chi connectivity index (χ4n) is 2.45. The van der Waals surface area contributed by atoms with Gasteiger partial charge in [-0.25, -0.2) is 12.8 Å². The molecule has 1 aromatic rings. The van der Waals surface area contributed by atoms with Crippen LogP contribution in [0, 0.1) is 18.2 Å². The zero-order chi connectivity index (χ0) is 14.6. The second-order valence-electron chi connectivity index (χ2n) is 4.96. The van der Waals surface area contributed by atoms with Gasteiger partial charge in [-0.1, -0.05) is 0 Å². The Kier molecular flexibility index (Phi) is 4.79. The molecule has 0 fully saturated rings. The Labute approximate surface area is 119 Å². The van der Waals surface area contributed by atoms with Crippen molar-refractivity contribution in [1.29, 1.82) is 0 Å². The van der Waals surface area contributed by atoms with Crippen LogP contribution in [-0.2, 0) is 9.84 Å². The van der Waals surface area contributed by atoms with Gasteiger partial charge in [0, 0.05) is 12.5 Å². The average Bonchev–Trinajstić information content (AvgIpc) is 2.40. The van der Waals surface area contributed by atoms with Crippen molar-refractivity contribution in [1.82, 2.24) is 5.32 Å². The molecule has 3 nitrogen and oxygen atoms in total. The van der Waals surface area contributed by atoms with E-state index >= 15 is 0 Å². The van der Waals surface area contributed by atoms with Crippen LogP contribution in [-0.4, -0.2) is 20.7 Å². The molecule has 5 heteroatoms. The topological polar surface area (TPSA) is 46.2 Å². The Morgan fingerprint density at radius 3 is 2.95 bits per heavy atom. The highest BCUT2D eigenvalue weighted by Crippen LogP contribution is 2.32. The quantitative estimate of drug-likeness (QED) is 0.515. The number of unbranched alkanes of at least 4 members (excludes halogenated alkanes) is 2. The van der Waals surface area contributed by atoms with E-state index in [2.05, 4.69) is 11.2 Å². The molecule has 0 saturated heterocycles. The van der Waals surface area contributed by atoms with Crippen LogP contribution in [0.2, 0.25) is 0 Å². The molecule has 1 aliphatic heterocycles. The van der Waals surface area contributed by atoms with Crippen molar-refractivity contribution in [3.8, 4) is 12.3 Å². The molecule has 108 valence electrons. The second kappa shape index (κ2) is 6.38. The van der Waals surface area contributed by atoms with Crippen molar-refractivity contribution in [3.05, 3.63) is 29.6 Å². The fourth-order valence-corrected chi connectivity index (χ4v) is 4.06. The summed E-state index contributed by atoms with van der Waals surface area (Å²) in [6.45, 7) is 0.752. The monoisotopic (exact) mass is 295 g/mol. The molecule has 0 amide bonds. The van der Waals surface area contributed by atoms with Crippen molar-refractivity contribution in [3.63, 3.8) is 0 Å². The van der Waals surface area contributed by atoms with Gasteiger partial charge < -0.3 is 5.32 Å². The van der Waals surface area contributed by atoms with Crippen molar-refractivity contribution >= 4 is 9.84 Å². The van der Waals surface area contributed by atoms with Gasteiger partial charge in [0.2, 0.25) is 0 Å². The number of sulfone groups is 1. The number of terminal acetylenes is 1. The molecule has 1 heterocycles. The SMILES string of the molecule is C#CCCCCNC1CCS(=O)(=O)c2ccc(F)cc21. The summed E-state index contributed by atoms with van der Waals surface area (Å²) in [7, 11) is -3.26. The zero-order valence-electron chi connectivity index (χ0n) is 11.2. The summed E-state index contributed by atoms with van der Waals surface area (Å²) in [6, 6.07) is 3.79. The van der Waals surface area contributed by atoms with Gasteiger partial charge in [0.1, 0.15) is 5.82 Å². The molecule has 1 unspecified atom stereocenters. The predicted molar refractivity (Wildman–Crippen MR) is 76.5 cm³/mol. The first kappa shape index (κ1) is 15.0. The first-order chi connectivity index (χ1) is 9.54. The normalized spacial score (nSPS) is 20.1. The summed E-state index contributed by atoms with van der Waals surface area (Å²) in [5.41, 5.74) is 0.549. The summed E-state index contributed by atoms with van der Waals surface area (Å²) in [5.74, 6) is 2.29. The van der Waals surface area contributed by atoms with E-state index in [1.54, 1.807) is 0 Å². The zero-order valence-corrected chi connectivity index (χ0v) is 12.0. The van der Waals surface area contributed by atoms with Crippen molar-refractivity contribution in [2.75, 3.05) is 12.3 Å². The van der Waals surface area contributed by atoms with Crippen LogP contribution in [0.3, 0.4) is 0 Å². The molecule has 0 bridgehead atoms. The van der Waals surface area contributed by atoms with Crippen LogP contribution >= 0.6 is 0 Å². The Morgan fingerprint density at radius 1 is 1.40 bits per heavy atom. The lowest BCUT2D eigenvalue weighted by atomic mass is 10.0. The molecular formula is C15H18FNO2S. The van der Waals surface area contributed by atoms with E-state index < -0.39 is 15.7 Å². The summed E-state index contributed by atoms with van der Waals surface area (Å²) in [5, 5.41) is 3.30. The smallest absolute Gasteiger partial charge is 0.178 e. The van der Waals surface area contributed by atoms with Gasteiger partial charge in [0.05, 0.1) is 10.6 Å². The molecule has 0 radical (unpaired) electrons. The third-order valence-corrected chi connectivity index (χ3v) is 5.31. The van der Waals surface area contributed by atoms with Crippen LogP contribution in [0.5, 0.6) is 0 Å². The van der Waals surface area contributed by atoms with Crippen LogP contribution in [0.25, 0.3) is 0 Å². The molecule has 1 atom stereocenters. The van der Waals surface area contributed by atoms with Gasteiger partial charge in [0.25, 0.3) is 0 Å². The lowest BCUT2D eigenvalue weighted by Gasteiger charge is -2.26. The predicted octanol–water partition coefficient (Wildman–Crippen LogP) is 2.44. The third-order valence-electron chi connectivity index (χ3n) is 3.50. The van der Waals surface area contributed by atoms with E-state index in [4.69, 9.17) is 6.42 Å². The summed E-state index contributed by atoms with van der Waals surface area (Å²) in [6.07, 6.45) is 8.27. The van der Waals surface area contributed by atoms with E-state index in [1.807, 2.05) is 0 Å². The van der Waals surface area contributed by atoms with Gasteiger partial charge in [-0.15, -0.1) is 12.3 Å². The Balaban J connectivity index is 2.10. The van der Waals surface area contributed by atoms with Gasteiger partial charge in [-0.05, 0) is 49.6 Å². The lowest BCUT2D eigenvalue weighted by molar-refractivity contribution is 0.479. The van der Waals surface area contributed by atoms with E-state index in [1.165, 1.54) is 18.2 Å². The van der Waals surface area contributed by atoms with Crippen LogP contribution in [0.1, 0.15) is 37.3 Å². The molecule has 20 heavy (non-hydrogen) atoms. The van der Waals surface area contributed by atoms with Crippen molar-refractivity contribution in [2.24, 2.45) is 0 Å². The van der Waals surface area contributed by atoms with Crippen molar-refractivity contribution < 1.29 is 12.8 Å². The van der Waals surface area contributed by atoms with E-state index in [0.717, 1.165) is 25.8 Å². The maximum Gasteiger partial charge on any atom is 0.178 e. The number of fused-ring (bicyclic) bond motifs is 1.